The fourth-order valence-electron chi connectivity index (χ4n) is 7.58. The van der Waals surface area contributed by atoms with E-state index in [1.54, 1.807) is 39.0 Å². The smallest absolute Gasteiger partial charge is 0.251 e. The minimum Gasteiger partial charge on any atom is -0.494 e. The van der Waals surface area contributed by atoms with Gasteiger partial charge in [0, 0.05) is 34.7 Å². The largest absolute Gasteiger partial charge is 0.494 e. The van der Waals surface area contributed by atoms with Crippen LogP contribution in [0.3, 0.4) is 0 Å². The van der Waals surface area contributed by atoms with Crippen LogP contribution in [0, 0.1) is 11.8 Å². The first-order chi connectivity index (χ1) is 22.9. The van der Waals surface area contributed by atoms with Gasteiger partial charge in [-0.2, -0.15) is 0 Å². The molecule has 3 aromatic carbocycles. The van der Waals surface area contributed by atoms with Crippen LogP contribution in [0.25, 0.3) is 0 Å². The number of anilines is 2. The Labute approximate surface area is 283 Å². The minimum absolute atomic E-state index is 0.157. The molecule has 1 N–H and O–H groups in total. The Bertz CT molecular complexity index is 1720. The van der Waals surface area contributed by atoms with Crippen LogP contribution in [0.5, 0.6) is 5.75 Å². The Kier molecular flexibility index (Phi) is 8.63. The zero-order chi connectivity index (χ0) is 32.7. The van der Waals surface area contributed by atoms with Crippen molar-refractivity contribution in [1.82, 2.24) is 4.90 Å². The molecule has 4 aliphatic rings. The molecule has 1 unspecified atom stereocenters. The number of aliphatic hydroxyl groups excluding tert-OH is 1. The quantitative estimate of drug-likeness (QED) is 0.334. The first kappa shape index (κ1) is 31.5. The van der Waals surface area contributed by atoms with Crippen molar-refractivity contribution in [2.75, 3.05) is 36.1 Å². The van der Waals surface area contributed by atoms with Gasteiger partial charge >= 0.3 is 0 Å². The van der Waals surface area contributed by atoms with E-state index in [0.717, 1.165) is 5.56 Å². The van der Waals surface area contributed by atoms with Gasteiger partial charge in [-0.1, -0.05) is 66.2 Å². The van der Waals surface area contributed by atoms with E-state index >= 15 is 0 Å². The highest BCUT2D eigenvalue weighted by Gasteiger charge is 2.71. The van der Waals surface area contributed by atoms with Crippen LogP contribution in [-0.2, 0) is 20.8 Å². The molecular weight excluding hydrogens is 634 g/mol. The molecule has 6 atom stereocenters. The van der Waals surface area contributed by atoms with Gasteiger partial charge in [-0.25, -0.2) is 0 Å². The third kappa shape index (κ3) is 5.44. The Balaban J connectivity index is 1.31. The Hall–Kier alpha value is -4.05. The second-order valence-corrected chi connectivity index (χ2v) is 14.2. The number of halogens is 1. The number of carbonyl (C=O) groups excluding carboxylic acids is 3. The summed E-state index contributed by atoms with van der Waals surface area (Å²) in [4.78, 5) is 49.4. The maximum atomic E-state index is 14.9. The molecule has 0 bridgehead atoms. The summed E-state index contributed by atoms with van der Waals surface area (Å²) in [5.41, 5.74) is 2.32. The lowest BCUT2D eigenvalue weighted by Gasteiger charge is -2.38. The van der Waals surface area contributed by atoms with E-state index in [1.165, 1.54) is 11.8 Å². The summed E-state index contributed by atoms with van der Waals surface area (Å²) in [6.45, 7) is 2.79. The van der Waals surface area contributed by atoms with Crippen molar-refractivity contribution in [3.05, 3.63) is 114 Å². The third-order valence-electron chi connectivity index (χ3n) is 9.61. The fraction of sp³-hybridized carbons (Fsp3) is 0.324. The molecule has 1 spiro atoms. The number of aliphatic hydroxyl groups is 1. The lowest BCUT2D eigenvalue weighted by molar-refractivity contribution is -0.141. The van der Waals surface area contributed by atoms with Crippen molar-refractivity contribution in [3.63, 3.8) is 0 Å². The molecule has 8 nitrogen and oxygen atoms in total. The van der Waals surface area contributed by atoms with Gasteiger partial charge in [0.1, 0.15) is 11.8 Å². The third-order valence-corrected chi connectivity index (χ3v) is 11.6. The summed E-state index contributed by atoms with van der Waals surface area (Å²) in [5.74, 6) is -1.48. The molecule has 0 saturated carbocycles. The summed E-state index contributed by atoms with van der Waals surface area (Å²) in [7, 11) is 0. The Morgan fingerprint density at radius 1 is 0.894 bits per heavy atom. The standard InChI is InChI=1S/C37H36ClN3O5S/c1-2-46-29-17-15-27(16-18-29)39-20-6-10-30-31(34(39)43)32-35(44)41(28(23-42)22-24-8-4-3-5-9-24)33-36(45)40(21-7-19-37(32,33)47-30)26-13-11-25(38)12-14-26/h3-19,28,30-33,42H,2,20-23H2,1H3/t28-,30-,31+,32+,33?,37+/m1/s1. The molecule has 242 valence electrons. The minimum atomic E-state index is -1.02. The van der Waals surface area contributed by atoms with Gasteiger partial charge in [0.2, 0.25) is 11.8 Å². The summed E-state index contributed by atoms with van der Waals surface area (Å²) in [5, 5.41) is 11.1. The molecular formula is C37H36ClN3O5S. The van der Waals surface area contributed by atoms with Gasteiger partial charge < -0.3 is 24.5 Å². The normalized spacial score (nSPS) is 27.3. The number of hydrogen-bond donors (Lipinski definition) is 1. The van der Waals surface area contributed by atoms with Gasteiger partial charge in [-0.05, 0) is 67.4 Å². The molecule has 7 rings (SSSR count). The predicted molar refractivity (Wildman–Crippen MR) is 185 cm³/mol. The maximum absolute atomic E-state index is 14.9. The van der Waals surface area contributed by atoms with Crippen molar-refractivity contribution in [1.29, 1.82) is 0 Å². The van der Waals surface area contributed by atoms with Crippen LogP contribution in [0.4, 0.5) is 11.4 Å². The molecule has 2 fully saturated rings. The molecule has 3 aromatic rings. The topological polar surface area (TPSA) is 90.4 Å². The highest BCUT2D eigenvalue weighted by molar-refractivity contribution is 8.02. The monoisotopic (exact) mass is 669 g/mol. The van der Waals surface area contributed by atoms with Gasteiger partial charge in [0.15, 0.2) is 0 Å². The van der Waals surface area contributed by atoms with Crippen molar-refractivity contribution in [2.45, 2.75) is 35.4 Å². The summed E-state index contributed by atoms with van der Waals surface area (Å²) >= 11 is 7.71. The molecule has 2 saturated heterocycles. The highest BCUT2D eigenvalue weighted by Crippen LogP contribution is 2.61. The van der Waals surface area contributed by atoms with E-state index in [9.17, 15) is 19.5 Å². The second-order valence-electron chi connectivity index (χ2n) is 12.2. The van der Waals surface area contributed by atoms with Crippen LogP contribution in [0.2, 0.25) is 5.02 Å². The average Bonchev–Trinajstić information content (AvgIpc) is 3.40. The van der Waals surface area contributed by atoms with Gasteiger partial charge in [-0.3, -0.25) is 14.4 Å². The van der Waals surface area contributed by atoms with Gasteiger partial charge in [0.25, 0.3) is 5.91 Å². The zero-order valence-corrected chi connectivity index (χ0v) is 27.5. The van der Waals surface area contributed by atoms with Crippen LogP contribution in [-0.4, -0.2) is 76.1 Å². The number of thioether (sulfide) groups is 1. The second kappa shape index (κ2) is 12.9. The number of ether oxygens (including phenoxy) is 1. The lowest BCUT2D eigenvalue weighted by atomic mass is 9.78. The number of amides is 3. The summed E-state index contributed by atoms with van der Waals surface area (Å²) in [6, 6.07) is 22.5. The fourth-order valence-corrected chi connectivity index (χ4v) is 9.70. The first-order valence-corrected chi connectivity index (χ1v) is 17.2. The van der Waals surface area contributed by atoms with E-state index in [-0.39, 0.29) is 29.6 Å². The van der Waals surface area contributed by atoms with Gasteiger partial charge in [0.05, 0.1) is 35.8 Å². The molecule has 10 heteroatoms. The van der Waals surface area contributed by atoms with E-state index in [0.29, 0.717) is 48.3 Å². The maximum Gasteiger partial charge on any atom is 0.251 e. The highest BCUT2D eigenvalue weighted by atomic mass is 35.5. The van der Waals surface area contributed by atoms with E-state index in [1.807, 2.05) is 85.8 Å². The van der Waals surface area contributed by atoms with E-state index in [2.05, 4.69) is 0 Å². The number of likely N-dealkylation sites (tertiary alicyclic amines) is 1. The van der Waals surface area contributed by atoms with Crippen molar-refractivity contribution in [2.24, 2.45) is 11.8 Å². The van der Waals surface area contributed by atoms with E-state index in [4.69, 9.17) is 16.3 Å². The Morgan fingerprint density at radius 3 is 2.23 bits per heavy atom. The number of carbonyl (C=O) groups is 3. The summed E-state index contributed by atoms with van der Waals surface area (Å²) < 4.78 is 4.60. The van der Waals surface area contributed by atoms with Crippen LogP contribution in [0.15, 0.2) is 103 Å². The first-order valence-electron chi connectivity index (χ1n) is 16.0. The molecule has 0 aromatic heterocycles. The predicted octanol–water partition coefficient (Wildman–Crippen LogP) is 5.15. The number of benzene rings is 3. The lowest BCUT2D eigenvalue weighted by Crippen LogP contribution is -2.57. The number of rotatable bonds is 8. The number of nitrogens with zero attached hydrogens (tertiary/aromatic N) is 3. The van der Waals surface area contributed by atoms with Crippen molar-refractivity contribution < 1.29 is 24.2 Å². The SMILES string of the molecule is CCOc1ccc(N2CC=C[C@H]3S[C@]45C=CCN(c6ccc(Cl)cc6)C(=O)C4N([C@@H](CO)Cc4ccccc4)C(=O)[C@@H]5[C@H]3C2=O)cc1. The zero-order valence-electron chi connectivity index (χ0n) is 25.9. The molecule has 4 heterocycles. The van der Waals surface area contributed by atoms with E-state index < -0.39 is 28.7 Å². The average molecular weight is 670 g/mol. The summed E-state index contributed by atoms with van der Waals surface area (Å²) in [6.07, 6.45) is 8.31. The number of hydrogen-bond acceptors (Lipinski definition) is 6. The van der Waals surface area contributed by atoms with Gasteiger partial charge in [-0.15, -0.1) is 11.8 Å². The Morgan fingerprint density at radius 2 is 1.55 bits per heavy atom. The molecule has 0 aliphatic carbocycles. The molecule has 47 heavy (non-hydrogen) atoms. The number of fused-ring (bicyclic) bond motifs is 2. The van der Waals surface area contributed by atoms with Crippen molar-refractivity contribution >= 4 is 52.5 Å². The molecule has 3 amide bonds. The molecule has 0 radical (unpaired) electrons. The van der Waals surface area contributed by atoms with Crippen molar-refractivity contribution in [3.8, 4) is 5.75 Å². The van der Waals surface area contributed by atoms with Crippen LogP contribution < -0.4 is 14.5 Å². The molecule has 4 aliphatic heterocycles. The van der Waals surface area contributed by atoms with Crippen LogP contribution in [0.1, 0.15) is 12.5 Å². The van der Waals surface area contributed by atoms with Crippen LogP contribution >= 0.6 is 23.4 Å².